The number of para-hydroxylation sites is 1. The predicted octanol–water partition coefficient (Wildman–Crippen LogP) is 3.77. The van der Waals surface area contributed by atoms with Crippen molar-refractivity contribution in [2.45, 2.75) is 45.1 Å². The number of carbonyl (C=O) groups is 2. The molecule has 0 unspecified atom stereocenters. The zero-order valence-electron chi connectivity index (χ0n) is 18.3. The summed E-state index contributed by atoms with van der Waals surface area (Å²) in [4.78, 5) is 38.1. The molecule has 168 valence electrons. The summed E-state index contributed by atoms with van der Waals surface area (Å²) in [6, 6.07) is 12.0. The van der Waals surface area contributed by atoms with Crippen LogP contribution in [0.3, 0.4) is 0 Å². The second kappa shape index (κ2) is 8.49. The van der Waals surface area contributed by atoms with Gasteiger partial charge in [0.1, 0.15) is 0 Å². The van der Waals surface area contributed by atoms with Gasteiger partial charge in [0.25, 0.3) is 5.69 Å². The molecule has 1 spiro atoms. The summed E-state index contributed by atoms with van der Waals surface area (Å²) in [5.41, 5.74) is 5.93. The van der Waals surface area contributed by atoms with Crippen molar-refractivity contribution in [1.29, 1.82) is 0 Å². The molecule has 2 aliphatic heterocycles. The van der Waals surface area contributed by atoms with Crippen LogP contribution in [0, 0.1) is 17.0 Å². The van der Waals surface area contributed by atoms with E-state index in [9.17, 15) is 19.7 Å². The molecular weight excluding hydrogens is 410 g/mol. The Morgan fingerprint density at radius 3 is 2.50 bits per heavy atom. The van der Waals surface area contributed by atoms with E-state index >= 15 is 0 Å². The van der Waals surface area contributed by atoms with Gasteiger partial charge in [0, 0.05) is 36.6 Å². The average molecular weight is 438 g/mol. The number of anilines is 2. The van der Waals surface area contributed by atoms with Gasteiger partial charge in [-0.2, -0.15) is 0 Å². The number of nitrogens with zero attached hydrogens (tertiary/aromatic N) is 3. The Bertz CT molecular complexity index is 1040. The maximum absolute atomic E-state index is 13.2. The molecule has 2 saturated heterocycles. The van der Waals surface area contributed by atoms with Crippen molar-refractivity contribution in [2.24, 2.45) is 0 Å². The molecule has 9 nitrogen and oxygen atoms in total. The van der Waals surface area contributed by atoms with E-state index in [2.05, 4.69) is 15.6 Å². The predicted molar refractivity (Wildman–Crippen MR) is 121 cm³/mol. The van der Waals surface area contributed by atoms with Crippen molar-refractivity contribution in [3.63, 3.8) is 0 Å². The molecule has 0 radical (unpaired) electrons. The molecule has 0 bridgehead atoms. The van der Waals surface area contributed by atoms with Crippen LogP contribution >= 0.6 is 0 Å². The lowest BCUT2D eigenvalue weighted by Gasteiger charge is -2.43. The summed E-state index contributed by atoms with van der Waals surface area (Å²) in [5.74, 6) is -0.163. The summed E-state index contributed by atoms with van der Waals surface area (Å²) in [7, 11) is 0. The molecule has 2 aromatic carbocycles. The molecule has 2 aliphatic rings. The molecule has 2 aromatic rings. The fraction of sp³-hybridized carbons (Fsp3) is 0.391. The topological polar surface area (TPSA) is 108 Å². The summed E-state index contributed by atoms with van der Waals surface area (Å²) >= 11 is 0. The molecule has 2 N–H and O–H groups in total. The van der Waals surface area contributed by atoms with E-state index in [1.54, 1.807) is 12.1 Å². The third-order valence-corrected chi connectivity index (χ3v) is 6.50. The van der Waals surface area contributed by atoms with Crippen LogP contribution in [0.1, 0.15) is 37.3 Å². The second-order valence-electron chi connectivity index (χ2n) is 8.42. The Labute approximate surface area is 186 Å². The van der Waals surface area contributed by atoms with E-state index < -0.39 is 10.5 Å². The van der Waals surface area contributed by atoms with Crippen LogP contribution in [-0.2, 0) is 11.2 Å². The Morgan fingerprint density at radius 2 is 1.88 bits per heavy atom. The number of nitrogens with one attached hydrogen (secondary N) is 2. The van der Waals surface area contributed by atoms with Gasteiger partial charge in [0.05, 0.1) is 16.9 Å². The number of nitro benzene ring substituents is 1. The van der Waals surface area contributed by atoms with Crippen molar-refractivity contribution in [3.8, 4) is 0 Å². The molecule has 0 atom stereocenters. The Kier molecular flexibility index (Phi) is 5.73. The third-order valence-electron chi connectivity index (χ3n) is 6.50. The van der Waals surface area contributed by atoms with Crippen molar-refractivity contribution in [1.82, 2.24) is 10.4 Å². The van der Waals surface area contributed by atoms with Gasteiger partial charge in [-0.15, -0.1) is 0 Å². The summed E-state index contributed by atoms with van der Waals surface area (Å²) in [6.07, 6.45) is 2.29. The molecule has 32 heavy (non-hydrogen) atoms. The number of carbonyl (C=O) groups excluding carboxylic acids is 2. The SMILES string of the molecule is CCc1cccc(C)c1NC(=O)N1NC(=O)CC12CCN(c1ccc([N+](=O)[O-])cc1)CC2. The van der Waals surface area contributed by atoms with Gasteiger partial charge in [-0.05, 0) is 49.4 Å². The maximum atomic E-state index is 13.2. The van der Waals surface area contributed by atoms with E-state index in [1.807, 2.05) is 32.0 Å². The zero-order chi connectivity index (χ0) is 22.9. The lowest BCUT2D eigenvalue weighted by molar-refractivity contribution is -0.384. The van der Waals surface area contributed by atoms with Gasteiger partial charge >= 0.3 is 6.03 Å². The van der Waals surface area contributed by atoms with E-state index in [0.29, 0.717) is 25.9 Å². The monoisotopic (exact) mass is 437 g/mol. The van der Waals surface area contributed by atoms with Gasteiger partial charge in [-0.3, -0.25) is 20.3 Å². The fourth-order valence-corrected chi connectivity index (χ4v) is 4.66. The molecule has 0 aliphatic carbocycles. The van der Waals surface area contributed by atoms with Crippen LogP contribution in [0.2, 0.25) is 0 Å². The van der Waals surface area contributed by atoms with Gasteiger partial charge in [0.15, 0.2) is 0 Å². The largest absolute Gasteiger partial charge is 0.371 e. The smallest absolute Gasteiger partial charge is 0.341 e. The maximum Gasteiger partial charge on any atom is 0.341 e. The minimum Gasteiger partial charge on any atom is -0.371 e. The van der Waals surface area contributed by atoms with Crippen molar-refractivity contribution >= 4 is 29.0 Å². The number of aryl methyl sites for hydroxylation is 2. The highest BCUT2D eigenvalue weighted by atomic mass is 16.6. The van der Waals surface area contributed by atoms with Crippen molar-refractivity contribution < 1.29 is 14.5 Å². The molecule has 2 fully saturated rings. The van der Waals surface area contributed by atoms with Crippen LogP contribution in [0.15, 0.2) is 42.5 Å². The first kappa shape index (κ1) is 21.6. The van der Waals surface area contributed by atoms with Crippen molar-refractivity contribution in [3.05, 3.63) is 63.7 Å². The van der Waals surface area contributed by atoms with E-state index in [-0.39, 0.29) is 24.0 Å². The zero-order valence-corrected chi connectivity index (χ0v) is 18.3. The van der Waals surface area contributed by atoms with Gasteiger partial charge < -0.3 is 10.2 Å². The van der Waals surface area contributed by atoms with Crippen molar-refractivity contribution in [2.75, 3.05) is 23.3 Å². The number of hydrazine groups is 1. The number of non-ortho nitro benzene ring substituents is 1. The van der Waals surface area contributed by atoms with Gasteiger partial charge in [0.2, 0.25) is 5.91 Å². The molecule has 2 heterocycles. The number of nitro groups is 1. The highest BCUT2D eigenvalue weighted by molar-refractivity contribution is 5.95. The number of rotatable bonds is 4. The minimum atomic E-state index is -0.590. The average Bonchev–Trinajstić information content (AvgIpc) is 3.11. The van der Waals surface area contributed by atoms with Gasteiger partial charge in [-0.1, -0.05) is 25.1 Å². The first-order valence-electron chi connectivity index (χ1n) is 10.8. The lowest BCUT2D eigenvalue weighted by Crippen LogP contribution is -2.58. The molecular formula is C23H27N5O4. The third kappa shape index (κ3) is 3.98. The molecule has 3 amide bonds. The molecule has 9 heteroatoms. The number of hydrogen-bond acceptors (Lipinski definition) is 5. The highest BCUT2D eigenvalue weighted by Crippen LogP contribution is 2.37. The van der Waals surface area contributed by atoms with E-state index in [0.717, 1.165) is 28.9 Å². The van der Waals surface area contributed by atoms with Crippen LogP contribution in [0.4, 0.5) is 21.9 Å². The first-order chi connectivity index (χ1) is 15.3. The number of amides is 3. The number of urea groups is 1. The van der Waals surface area contributed by atoms with Gasteiger partial charge in [-0.25, -0.2) is 9.80 Å². The number of benzene rings is 2. The van der Waals surface area contributed by atoms with Crippen LogP contribution in [0.5, 0.6) is 0 Å². The first-order valence-corrected chi connectivity index (χ1v) is 10.8. The van der Waals surface area contributed by atoms with E-state index in [1.165, 1.54) is 17.1 Å². The second-order valence-corrected chi connectivity index (χ2v) is 8.42. The highest BCUT2D eigenvalue weighted by Gasteiger charge is 2.49. The lowest BCUT2D eigenvalue weighted by atomic mass is 9.84. The normalized spacial score (nSPS) is 17.4. The molecule has 0 saturated carbocycles. The summed E-state index contributed by atoms with van der Waals surface area (Å²) < 4.78 is 0. The molecule has 4 rings (SSSR count). The molecule has 0 aromatic heterocycles. The Balaban J connectivity index is 1.49. The summed E-state index contributed by atoms with van der Waals surface area (Å²) in [5, 5.41) is 15.4. The Morgan fingerprint density at radius 1 is 1.19 bits per heavy atom. The summed E-state index contributed by atoms with van der Waals surface area (Å²) in [6.45, 7) is 5.27. The fourth-order valence-electron chi connectivity index (χ4n) is 4.66. The van der Waals surface area contributed by atoms with E-state index in [4.69, 9.17) is 0 Å². The quantitative estimate of drug-likeness (QED) is 0.559. The standard InChI is InChI=1S/C23H27N5O4/c1-3-17-6-4-5-16(2)21(17)24-22(30)27-23(15-20(29)25-27)11-13-26(14-12-23)18-7-9-19(10-8-18)28(31)32/h4-10H,3,11-15H2,1-2H3,(H,24,30)(H,25,29). The van der Waals surface area contributed by atoms with Crippen LogP contribution in [0.25, 0.3) is 0 Å². The van der Waals surface area contributed by atoms with Crippen LogP contribution in [-0.4, -0.2) is 40.5 Å². The Hall–Kier alpha value is -3.62. The number of piperidine rings is 1. The van der Waals surface area contributed by atoms with Crippen LogP contribution < -0.4 is 15.6 Å². The minimum absolute atomic E-state index is 0.0540. The number of hydrogen-bond donors (Lipinski definition) is 2.